The van der Waals surface area contributed by atoms with Gasteiger partial charge < -0.3 is 9.84 Å². The van der Waals surface area contributed by atoms with Crippen molar-refractivity contribution in [3.8, 4) is 5.75 Å². The van der Waals surface area contributed by atoms with E-state index in [1.54, 1.807) is 0 Å². The second kappa shape index (κ2) is 12.1. The molecule has 0 bridgehead atoms. The van der Waals surface area contributed by atoms with Gasteiger partial charge in [0.15, 0.2) is 0 Å². The lowest BCUT2D eigenvalue weighted by Gasteiger charge is -2.13. The molecule has 4 nitrogen and oxygen atoms in total. The Bertz CT molecular complexity index is 655. The van der Waals surface area contributed by atoms with E-state index >= 15 is 0 Å². The average Bonchev–Trinajstić information content (AvgIpc) is 2.66. The Labute approximate surface area is 162 Å². The Kier molecular flexibility index (Phi) is 9.42. The highest BCUT2D eigenvalue weighted by Crippen LogP contribution is 2.14. The number of carboxylic acids is 1. The maximum absolute atomic E-state index is 10.6. The summed E-state index contributed by atoms with van der Waals surface area (Å²) in [6.45, 7) is 1.64. The van der Waals surface area contributed by atoms with E-state index < -0.39 is 5.97 Å². The Morgan fingerprint density at radius 1 is 0.889 bits per heavy atom. The van der Waals surface area contributed by atoms with Crippen molar-refractivity contribution in [3.05, 3.63) is 65.7 Å². The van der Waals surface area contributed by atoms with Gasteiger partial charge in [-0.3, -0.25) is 9.69 Å². The van der Waals surface area contributed by atoms with Crippen molar-refractivity contribution in [2.45, 2.75) is 38.5 Å². The fourth-order valence-corrected chi connectivity index (χ4v) is 3.06. The molecule has 0 radical (unpaired) electrons. The summed E-state index contributed by atoms with van der Waals surface area (Å²) in [5.74, 6) is 0.142. The quantitative estimate of drug-likeness (QED) is 0.531. The monoisotopic (exact) mass is 369 g/mol. The van der Waals surface area contributed by atoms with Crippen molar-refractivity contribution < 1.29 is 14.6 Å². The normalized spacial score (nSPS) is 10.9. The third-order valence-corrected chi connectivity index (χ3v) is 4.56. The molecule has 0 unspecified atom stereocenters. The number of hydrogen-bond acceptors (Lipinski definition) is 3. The molecule has 0 atom stereocenters. The number of nitrogens with zero attached hydrogens (tertiary/aromatic N) is 1. The molecule has 4 heteroatoms. The molecule has 0 heterocycles. The number of carbonyl (C=O) groups is 1. The van der Waals surface area contributed by atoms with Crippen molar-refractivity contribution in [3.63, 3.8) is 0 Å². The second-order valence-electron chi connectivity index (χ2n) is 7.02. The summed E-state index contributed by atoms with van der Waals surface area (Å²) in [5.41, 5.74) is 2.66. The molecule has 0 saturated heterocycles. The number of benzene rings is 2. The molecule has 2 rings (SSSR count). The van der Waals surface area contributed by atoms with Crippen LogP contribution in [0, 0.1) is 0 Å². The van der Waals surface area contributed by atoms with Crippen LogP contribution in [0.25, 0.3) is 0 Å². The summed E-state index contributed by atoms with van der Waals surface area (Å²) >= 11 is 0. The van der Waals surface area contributed by atoms with Gasteiger partial charge in [-0.1, -0.05) is 42.5 Å². The summed E-state index contributed by atoms with van der Waals surface area (Å²) in [4.78, 5) is 12.5. The molecule has 0 aliphatic carbocycles. The van der Waals surface area contributed by atoms with Crippen LogP contribution in [0.3, 0.4) is 0 Å². The van der Waals surface area contributed by atoms with Crippen LogP contribution in [-0.4, -0.2) is 42.7 Å². The number of ether oxygens (including phenoxy) is 1. The minimum atomic E-state index is -0.779. The molecular formula is C23H31NO3. The second-order valence-corrected chi connectivity index (χ2v) is 7.02. The first-order chi connectivity index (χ1) is 13.1. The first-order valence-corrected chi connectivity index (χ1v) is 9.79. The van der Waals surface area contributed by atoms with Gasteiger partial charge in [-0.15, -0.1) is 0 Å². The van der Waals surface area contributed by atoms with Gasteiger partial charge in [0, 0.05) is 0 Å². The molecule has 0 aliphatic heterocycles. The lowest BCUT2D eigenvalue weighted by Crippen LogP contribution is -2.26. The van der Waals surface area contributed by atoms with Gasteiger partial charge in [0.2, 0.25) is 0 Å². The van der Waals surface area contributed by atoms with E-state index in [0.717, 1.165) is 44.6 Å². The van der Waals surface area contributed by atoms with Crippen LogP contribution in [0.5, 0.6) is 5.75 Å². The fourth-order valence-electron chi connectivity index (χ4n) is 3.06. The molecule has 146 valence electrons. The lowest BCUT2D eigenvalue weighted by atomic mass is 10.1. The van der Waals surface area contributed by atoms with Crippen LogP contribution in [-0.2, 0) is 17.6 Å². The van der Waals surface area contributed by atoms with Gasteiger partial charge in [-0.25, -0.2) is 0 Å². The van der Waals surface area contributed by atoms with Crippen LogP contribution >= 0.6 is 0 Å². The highest BCUT2D eigenvalue weighted by molar-refractivity contribution is 5.68. The van der Waals surface area contributed by atoms with Crippen molar-refractivity contribution >= 4 is 5.97 Å². The zero-order valence-electron chi connectivity index (χ0n) is 16.3. The van der Waals surface area contributed by atoms with E-state index in [4.69, 9.17) is 9.84 Å². The van der Waals surface area contributed by atoms with Crippen LogP contribution in [0.4, 0.5) is 0 Å². The summed E-state index contributed by atoms with van der Waals surface area (Å²) in [6.07, 6.45) is 6.48. The lowest BCUT2D eigenvalue weighted by molar-refractivity contribution is -0.137. The molecule has 27 heavy (non-hydrogen) atoms. The van der Waals surface area contributed by atoms with E-state index in [9.17, 15) is 4.79 Å². The molecule has 0 saturated carbocycles. The molecule has 0 fully saturated rings. The average molecular weight is 370 g/mol. The van der Waals surface area contributed by atoms with Crippen LogP contribution in [0.15, 0.2) is 54.6 Å². The molecule has 0 amide bonds. The van der Waals surface area contributed by atoms with Crippen LogP contribution < -0.4 is 4.74 Å². The number of unbranched alkanes of at least 4 members (excludes halogenated alkanes) is 2. The number of aryl methyl sites for hydroxylation is 2. The number of aliphatic carboxylic acids is 1. The molecule has 0 aromatic heterocycles. The Balaban J connectivity index is 1.55. The third kappa shape index (κ3) is 9.25. The summed E-state index contributed by atoms with van der Waals surface area (Å²) in [5, 5.41) is 8.75. The number of hydrogen-bond donors (Lipinski definition) is 1. The third-order valence-electron chi connectivity index (χ3n) is 4.56. The smallest absolute Gasteiger partial charge is 0.317 e. The van der Waals surface area contributed by atoms with Crippen LogP contribution in [0.1, 0.15) is 36.8 Å². The SMILES string of the molecule is CN(CCCc1ccc(OCCCCCc2ccccc2)cc1)CC(=O)O. The topological polar surface area (TPSA) is 49.8 Å². The van der Waals surface area contributed by atoms with Gasteiger partial charge in [-0.2, -0.15) is 0 Å². The molecule has 1 N–H and O–H groups in total. The minimum absolute atomic E-state index is 0.0954. The van der Waals surface area contributed by atoms with Crippen molar-refractivity contribution in [2.24, 2.45) is 0 Å². The minimum Gasteiger partial charge on any atom is -0.494 e. The van der Waals surface area contributed by atoms with E-state index in [1.807, 2.05) is 24.1 Å². The standard InChI is InChI=1S/C23H31NO3/c1-24(19-23(25)26)17-8-12-21-13-15-22(16-14-21)27-18-7-3-6-11-20-9-4-2-5-10-20/h2,4-5,9-10,13-16H,3,6-8,11-12,17-19H2,1H3,(H,25,26). The van der Waals surface area contributed by atoms with E-state index in [1.165, 1.54) is 24.0 Å². The summed E-state index contributed by atoms with van der Waals surface area (Å²) < 4.78 is 5.83. The number of likely N-dealkylation sites (N-methyl/N-ethyl adjacent to an activating group) is 1. The zero-order chi connectivity index (χ0) is 19.3. The van der Waals surface area contributed by atoms with Gasteiger partial charge in [0.05, 0.1) is 13.2 Å². The zero-order valence-corrected chi connectivity index (χ0v) is 16.3. The predicted octanol–water partition coefficient (Wildman–Crippen LogP) is 4.43. The highest BCUT2D eigenvalue weighted by Gasteiger charge is 2.04. The van der Waals surface area contributed by atoms with Gasteiger partial charge in [-0.05, 0) is 75.4 Å². The van der Waals surface area contributed by atoms with E-state index in [2.05, 4.69) is 42.5 Å². The van der Waals surface area contributed by atoms with Crippen molar-refractivity contribution in [1.29, 1.82) is 0 Å². The Morgan fingerprint density at radius 3 is 2.26 bits per heavy atom. The Hall–Kier alpha value is -2.33. The van der Waals surface area contributed by atoms with Gasteiger partial charge in [0.25, 0.3) is 0 Å². The van der Waals surface area contributed by atoms with Crippen molar-refractivity contribution in [2.75, 3.05) is 26.7 Å². The largest absolute Gasteiger partial charge is 0.494 e. The number of carboxylic acid groups (broad SMARTS) is 1. The maximum Gasteiger partial charge on any atom is 0.317 e. The summed E-state index contributed by atoms with van der Waals surface area (Å²) in [6, 6.07) is 18.9. The molecule has 2 aromatic carbocycles. The van der Waals surface area contributed by atoms with E-state index in [-0.39, 0.29) is 6.54 Å². The summed E-state index contributed by atoms with van der Waals surface area (Å²) in [7, 11) is 1.84. The first-order valence-electron chi connectivity index (χ1n) is 9.79. The highest BCUT2D eigenvalue weighted by atomic mass is 16.5. The Morgan fingerprint density at radius 2 is 1.56 bits per heavy atom. The fraction of sp³-hybridized carbons (Fsp3) is 0.435. The molecule has 0 spiro atoms. The number of rotatable bonds is 13. The van der Waals surface area contributed by atoms with Gasteiger partial charge >= 0.3 is 5.97 Å². The molecular weight excluding hydrogens is 338 g/mol. The molecule has 2 aromatic rings. The molecule has 0 aliphatic rings. The van der Waals surface area contributed by atoms with Crippen molar-refractivity contribution in [1.82, 2.24) is 4.90 Å². The van der Waals surface area contributed by atoms with Crippen LogP contribution in [0.2, 0.25) is 0 Å². The maximum atomic E-state index is 10.6. The van der Waals surface area contributed by atoms with Gasteiger partial charge in [0.1, 0.15) is 5.75 Å². The predicted molar refractivity (Wildman–Crippen MR) is 109 cm³/mol. The van der Waals surface area contributed by atoms with E-state index in [0.29, 0.717) is 0 Å². The first kappa shape index (κ1) is 21.0.